The van der Waals surface area contributed by atoms with Crippen LogP contribution in [0.25, 0.3) is 0 Å². The molecule has 0 radical (unpaired) electrons. The molecule has 0 saturated heterocycles. The number of rotatable bonds is 8. The molecule has 4 heteroatoms. The molecule has 2 rings (SSSR count). The number of amides is 1. The Kier molecular flexibility index (Phi) is 6.43. The molecule has 24 heavy (non-hydrogen) atoms. The summed E-state index contributed by atoms with van der Waals surface area (Å²) >= 11 is 0. The SMILES string of the molecule is C=C(C)COc1ccccc1NC(=O)CN(CC)c1ccccc1. The van der Waals surface area contributed by atoms with Gasteiger partial charge in [-0.15, -0.1) is 0 Å². The van der Waals surface area contributed by atoms with Crippen molar-refractivity contribution in [3.63, 3.8) is 0 Å². The summed E-state index contributed by atoms with van der Waals surface area (Å²) in [6.07, 6.45) is 0. The van der Waals surface area contributed by atoms with Crippen LogP contribution >= 0.6 is 0 Å². The molecule has 0 unspecified atom stereocenters. The number of anilines is 2. The lowest BCUT2D eigenvalue weighted by atomic mass is 10.2. The number of hydrogen-bond donors (Lipinski definition) is 1. The molecule has 1 N–H and O–H groups in total. The van der Waals surface area contributed by atoms with Gasteiger partial charge in [-0.3, -0.25) is 4.79 Å². The number of para-hydroxylation sites is 3. The van der Waals surface area contributed by atoms with Crippen LogP contribution in [0.3, 0.4) is 0 Å². The monoisotopic (exact) mass is 324 g/mol. The normalized spacial score (nSPS) is 10.1. The van der Waals surface area contributed by atoms with Gasteiger partial charge in [0.05, 0.1) is 12.2 Å². The highest BCUT2D eigenvalue weighted by atomic mass is 16.5. The third-order valence-electron chi connectivity index (χ3n) is 3.47. The van der Waals surface area contributed by atoms with Crippen LogP contribution in [0.1, 0.15) is 13.8 Å². The van der Waals surface area contributed by atoms with Crippen LogP contribution in [0.15, 0.2) is 66.7 Å². The highest BCUT2D eigenvalue weighted by Gasteiger charge is 2.12. The Hall–Kier alpha value is -2.75. The molecule has 2 aromatic carbocycles. The van der Waals surface area contributed by atoms with Crippen LogP contribution in [0.4, 0.5) is 11.4 Å². The lowest BCUT2D eigenvalue weighted by molar-refractivity contribution is -0.115. The average Bonchev–Trinajstić information content (AvgIpc) is 2.59. The largest absolute Gasteiger partial charge is 0.487 e. The summed E-state index contributed by atoms with van der Waals surface area (Å²) in [5.74, 6) is 0.573. The molecule has 0 aromatic heterocycles. The van der Waals surface area contributed by atoms with E-state index < -0.39 is 0 Å². The van der Waals surface area contributed by atoms with E-state index in [4.69, 9.17) is 4.74 Å². The first kappa shape index (κ1) is 17.6. The fourth-order valence-electron chi connectivity index (χ4n) is 2.28. The van der Waals surface area contributed by atoms with Gasteiger partial charge in [0.25, 0.3) is 0 Å². The predicted molar refractivity (Wildman–Crippen MR) is 99.7 cm³/mol. The number of nitrogens with one attached hydrogen (secondary N) is 1. The highest BCUT2D eigenvalue weighted by Crippen LogP contribution is 2.24. The summed E-state index contributed by atoms with van der Waals surface area (Å²) in [6, 6.07) is 17.3. The van der Waals surface area contributed by atoms with E-state index in [1.54, 1.807) is 0 Å². The second-order valence-electron chi connectivity index (χ2n) is 5.64. The molecule has 0 aliphatic carbocycles. The van der Waals surface area contributed by atoms with Gasteiger partial charge >= 0.3 is 0 Å². The van der Waals surface area contributed by atoms with Gasteiger partial charge in [0.2, 0.25) is 5.91 Å². The van der Waals surface area contributed by atoms with E-state index in [9.17, 15) is 4.79 Å². The summed E-state index contributed by atoms with van der Waals surface area (Å²) in [5, 5.41) is 2.93. The summed E-state index contributed by atoms with van der Waals surface area (Å²) in [7, 11) is 0. The van der Waals surface area contributed by atoms with Crippen LogP contribution in [0, 0.1) is 0 Å². The number of hydrogen-bond acceptors (Lipinski definition) is 3. The zero-order chi connectivity index (χ0) is 17.4. The Morgan fingerprint density at radius 2 is 1.79 bits per heavy atom. The highest BCUT2D eigenvalue weighted by molar-refractivity contribution is 5.95. The van der Waals surface area contributed by atoms with Gasteiger partial charge in [-0.2, -0.15) is 0 Å². The summed E-state index contributed by atoms with van der Waals surface area (Å²) in [4.78, 5) is 14.4. The molecule has 0 heterocycles. The van der Waals surface area contributed by atoms with Crippen molar-refractivity contribution in [2.75, 3.05) is 29.9 Å². The maximum Gasteiger partial charge on any atom is 0.243 e. The van der Waals surface area contributed by atoms with Crippen molar-refractivity contribution in [2.45, 2.75) is 13.8 Å². The first-order chi connectivity index (χ1) is 11.6. The molecule has 0 aliphatic rings. The predicted octanol–water partition coefficient (Wildman–Crippen LogP) is 4.11. The molecule has 126 valence electrons. The Labute approximate surface area is 143 Å². The van der Waals surface area contributed by atoms with E-state index in [0.717, 1.165) is 17.8 Å². The molecule has 0 atom stereocenters. The van der Waals surface area contributed by atoms with Crippen LogP contribution in [-0.4, -0.2) is 25.6 Å². The van der Waals surface area contributed by atoms with Gasteiger partial charge < -0.3 is 15.0 Å². The fourth-order valence-corrected chi connectivity index (χ4v) is 2.28. The number of benzene rings is 2. The van der Waals surface area contributed by atoms with E-state index in [1.165, 1.54) is 0 Å². The van der Waals surface area contributed by atoms with E-state index in [-0.39, 0.29) is 12.5 Å². The Morgan fingerprint density at radius 3 is 2.46 bits per heavy atom. The zero-order valence-electron chi connectivity index (χ0n) is 14.3. The van der Waals surface area contributed by atoms with Gasteiger partial charge in [0.1, 0.15) is 12.4 Å². The van der Waals surface area contributed by atoms with Gasteiger partial charge in [-0.05, 0) is 43.7 Å². The van der Waals surface area contributed by atoms with Crippen LogP contribution in [-0.2, 0) is 4.79 Å². The molecule has 4 nitrogen and oxygen atoms in total. The van der Waals surface area contributed by atoms with Crippen molar-refractivity contribution in [2.24, 2.45) is 0 Å². The molecule has 0 saturated carbocycles. The maximum atomic E-state index is 12.4. The van der Waals surface area contributed by atoms with Crippen LogP contribution < -0.4 is 15.0 Å². The van der Waals surface area contributed by atoms with Gasteiger partial charge in [0, 0.05) is 12.2 Å². The van der Waals surface area contributed by atoms with E-state index >= 15 is 0 Å². The van der Waals surface area contributed by atoms with Crippen molar-refractivity contribution in [3.05, 3.63) is 66.7 Å². The Bertz CT molecular complexity index is 683. The molecule has 1 amide bonds. The van der Waals surface area contributed by atoms with Crippen molar-refractivity contribution < 1.29 is 9.53 Å². The molecule has 2 aromatic rings. The van der Waals surface area contributed by atoms with E-state index in [2.05, 4.69) is 11.9 Å². The minimum atomic E-state index is -0.0768. The number of likely N-dealkylation sites (N-methyl/N-ethyl adjacent to an activating group) is 1. The molecule has 0 aliphatic heterocycles. The van der Waals surface area contributed by atoms with E-state index in [1.807, 2.05) is 73.3 Å². The minimum Gasteiger partial charge on any atom is -0.487 e. The van der Waals surface area contributed by atoms with Gasteiger partial charge in [-0.1, -0.05) is 36.9 Å². The van der Waals surface area contributed by atoms with E-state index in [0.29, 0.717) is 18.0 Å². The second kappa shape index (κ2) is 8.77. The Morgan fingerprint density at radius 1 is 1.12 bits per heavy atom. The topological polar surface area (TPSA) is 41.6 Å². The number of carbonyl (C=O) groups excluding carboxylic acids is 1. The van der Waals surface area contributed by atoms with Crippen LogP contribution in [0.5, 0.6) is 5.75 Å². The lowest BCUT2D eigenvalue weighted by Gasteiger charge is -2.22. The summed E-state index contributed by atoms with van der Waals surface area (Å²) in [5.41, 5.74) is 2.63. The fraction of sp³-hybridized carbons (Fsp3) is 0.250. The Balaban J connectivity index is 2.03. The molecule has 0 fully saturated rings. The average molecular weight is 324 g/mol. The van der Waals surface area contributed by atoms with Crippen LogP contribution in [0.2, 0.25) is 0 Å². The molecular weight excluding hydrogens is 300 g/mol. The standard InChI is InChI=1S/C20H24N2O2/c1-4-22(17-10-6-5-7-11-17)14-20(23)21-18-12-8-9-13-19(18)24-15-16(2)3/h5-13H,2,4,14-15H2,1,3H3,(H,21,23). The summed E-state index contributed by atoms with van der Waals surface area (Å²) in [6.45, 7) is 9.23. The van der Waals surface area contributed by atoms with Crippen molar-refractivity contribution in [3.8, 4) is 5.75 Å². The summed E-state index contributed by atoms with van der Waals surface area (Å²) < 4.78 is 5.69. The molecule has 0 spiro atoms. The number of ether oxygens (including phenoxy) is 1. The third-order valence-corrected chi connectivity index (χ3v) is 3.47. The number of carbonyl (C=O) groups is 1. The van der Waals surface area contributed by atoms with Crippen molar-refractivity contribution in [1.29, 1.82) is 0 Å². The van der Waals surface area contributed by atoms with Gasteiger partial charge in [-0.25, -0.2) is 0 Å². The third kappa shape index (κ3) is 5.16. The zero-order valence-corrected chi connectivity index (χ0v) is 14.3. The lowest BCUT2D eigenvalue weighted by Crippen LogP contribution is -2.33. The molecule has 0 bridgehead atoms. The maximum absolute atomic E-state index is 12.4. The number of nitrogens with zero attached hydrogens (tertiary/aromatic N) is 1. The smallest absolute Gasteiger partial charge is 0.243 e. The van der Waals surface area contributed by atoms with Crippen molar-refractivity contribution in [1.82, 2.24) is 0 Å². The van der Waals surface area contributed by atoms with Gasteiger partial charge in [0.15, 0.2) is 0 Å². The second-order valence-corrected chi connectivity index (χ2v) is 5.64. The first-order valence-corrected chi connectivity index (χ1v) is 8.06. The first-order valence-electron chi connectivity index (χ1n) is 8.06. The molecular formula is C20H24N2O2. The van der Waals surface area contributed by atoms with Crippen molar-refractivity contribution >= 4 is 17.3 Å². The minimum absolute atomic E-state index is 0.0768. The quantitative estimate of drug-likeness (QED) is 0.743.